The molecular weight excluding hydrogens is 230 g/mol. The van der Waals surface area contributed by atoms with E-state index in [9.17, 15) is 0 Å². The molecule has 0 amide bonds. The van der Waals surface area contributed by atoms with Crippen LogP contribution in [0.5, 0.6) is 0 Å². The number of rotatable bonds is 1. The number of aryl methyl sites for hydroxylation is 1. The summed E-state index contributed by atoms with van der Waals surface area (Å²) in [5.41, 5.74) is 7.79. The largest absolute Gasteiger partial charge is 0.213 e. The molecule has 0 radical (unpaired) electrons. The molecule has 2 aromatic carbocycles. The summed E-state index contributed by atoms with van der Waals surface area (Å²) in [6, 6.07) is 17.2. The standard InChI is InChI=1S/C18H18N/c1-13-8-10-15(11-9-13)12-17-14(2)19(3)18-7-5-4-6-16(17)18/h4-12H,1-3H3/q+1/b17-12-. The maximum absolute atomic E-state index is 2.27. The van der Waals surface area contributed by atoms with Crippen molar-refractivity contribution >= 4 is 23.0 Å². The summed E-state index contributed by atoms with van der Waals surface area (Å²) < 4.78 is 2.26. The Morgan fingerprint density at radius 2 is 1.58 bits per heavy atom. The summed E-state index contributed by atoms with van der Waals surface area (Å²) in [5, 5.41) is 0. The zero-order chi connectivity index (χ0) is 13.4. The zero-order valence-electron chi connectivity index (χ0n) is 11.6. The Morgan fingerprint density at radius 1 is 0.895 bits per heavy atom. The smallest absolute Gasteiger partial charge is 0.198 e. The van der Waals surface area contributed by atoms with Gasteiger partial charge >= 0.3 is 0 Å². The van der Waals surface area contributed by atoms with Gasteiger partial charge in [0.15, 0.2) is 5.71 Å². The van der Waals surface area contributed by atoms with Crippen LogP contribution >= 0.6 is 0 Å². The number of fused-ring (bicyclic) bond motifs is 1. The van der Waals surface area contributed by atoms with Crippen molar-refractivity contribution in [1.29, 1.82) is 0 Å². The van der Waals surface area contributed by atoms with E-state index >= 15 is 0 Å². The first-order valence-electron chi connectivity index (χ1n) is 6.62. The Balaban J connectivity index is 2.13. The lowest BCUT2D eigenvalue weighted by Gasteiger charge is -1.99. The summed E-state index contributed by atoms with van der Waals surface area (Å²) >= 11 is 0. The summed E-state index contributed by atoms with van der Waals surface area (Å²) in [6.07, 6.45) is 2.27. The summed E-state index contributed by atoms with van der Waals surface area (Å²) in [6.45, 7) is 4.30. The van der Waals surface area contributed by atoms with Crippen molar-refractivity contribution in [2.24, 2.45) is 0 Å². The quantitative estimate of drug-likeness (QED) is 0.662. The Labute approximate surface area is 114 Å². The minimum atomic E-state index is 1.25. The molecule has 0 N–H and O–H groups in total. The predicted molar refractivity (Wildman–Crippen MR) is 82.0 cm³/mol. The summed E-state index contributed by atoms with van der Waals surface area (Å²) in [5.74, 6) is 0. The summed E-state index contributed by atoms with van der Waals surface area (Å²) in [4.78, 5) is 0. The highest BCUT2D eigenvalue weighted by atomic mass is 15.0. The SMILES string of the molecule is CC1=[N+](C)c2ccccc2/C1=C\c1ccc(C)cc1. The van der Waals surface area contributed by atoms with Crippen molar-refractivity contribution in [3.8, 4) is 0 Å². The topological polar surface area (TPSA) is 3.01 Å². The van der Waals surface area contributed by atoms with Crippen LogP contribution in [-0.4, -0.2) is 17.3 Å². The van der Waals surface area contributed by atoms with Crippen LogP contribution in [0.15, 0.2) is 48.5 Å². The van der Waals surface area contributed by atoms with Crippen LogP contribution in [-0.2, 0) is 0 Å². The van der Waals surface area contributed by atoms with Crippen LogP contribution in [0.2, 0.25) is 0 Å². The van der Waals surface area contributed by atoms with Crippen LogP contribution in [0.3, 0.4) is 0 Å². The molecule has 0 unspecified atom stereocenters. The lowest BCUT2D eigenvalue weighted by atomic mass is 10.0. The van der Waals surface area contributed by atoms with E-state index in [0.29, 0.717) is 0 Å². The molecule has 0 saturated heterocycles. The fourth-order valence-corrected chi connectivity index (χ4v) is 2.56. The van der Waals surface area contributed by atoms with Crippen LogP contribution in [0.25, 0.3) is 11.6 Å². The molecule has 1 aliphatic rings. The van der Waals surface area contributed by atoms with Gasteiger partial charge < -0.3 is 0 Å². The second-order valence-corrected chi connectivity index (χ2v) is 5.13. The van der Waals surface area contributed by atoms with E-state index in [1.807, 2.05) is 0 Å². The highest BCUT2D eigenvalue weighted by Gasteiger charge is 2.28. The highest BCUT2D eigenvalue weighted by Crippen LogP contribution is 2.34. The van der Waals surface area contributed by atoms with Gasteiger partial charge in [-0.05, 0) is 24.6 Å². The predicted octanol–water partition coefficient (Wildman–Crippen LogP) is 4.28. The average Bonchev–Trinajstić information content (AvgIpc) is 2.67. The van der Waals surface area contributed by atoms with Crippen LogP contribution in [0.4, 0.5) is 5.69 Å². The van der Waals surface area contributed by atoms with Gasteiger partial charge in [0.25, 0.3) is 0 Å². The number of hydrogen-bond acceptors (Lipinski definition) is 0. The van der Waals surface area contributed by atoms with Gasteiger partial charge in [-0.15, -0.1) is 0 Å². The minimum Gasteiger partial charge on any atom is -0.198 e. The lowest BCUT2D eigenvalue weighted by Crippen LogP contribution is -2.02. The lowest BCUT2D eigenvalue weighted by molar-refractivity contribution is -0.401. The van der Waals surface area contributed by atoms with Gasteiger partial charge in [0, 0.05) is 13.0 Å². The molecule has 0 saturated carbocycles. The van der Waals surface area contributed by atoms with Crippen molar-refractivity contribution in [3.63, 3.8) is 0 Å². The highest BCUT2D eigenvalue weighted by molar-refractivity contribution is 6.28. The van der Waals surface area contributed by atoms with E-state index in [4.69, 9.17) is 0 Å². The molecule has 0 spiro atoms. The van der Waals surface area contributed by atoms with Gasteiger partial charge in [0.2, 0.25) is 5.69 Å². The van der Waals surface area contributed by atoms with Crippen LogP contribution in [0.1, 0.15) is 23.6 Å². The Kier molecular flexibility index (Phi) is 2.83. The van der Waals surface area contributed by atoms with E-state index in [1.165, 1.54) is 33.7 Å². The van der Waals surface area contributed by atoms with Crippen LogP contribution in [0, 0.1) is 6.92 Å². The molecule has 19 heavy (non-hydrogen) atoms. The molecule has 1 aliphatic heterocycles. The van der Waals surface area contributed by atoms with Crippen molar-refractivity contribution < 1.29 is 4.58 Å². The first-order chi connectivity index (χ1) is 9.16. The second-order valence-electron chi connectivity index (χ2n) is 5.13. The Morgan fingerprint density at radius 3 is 2.32 bits per heavy atom. The Hall–Kier alpha value is -2.15. The summed E-state index contributed by atoms with van der Waals surface area (Å²) in [7, 11) is 2.13. The molecule has 0 atom stereocenters. The van der Waals surface area contributed by atoms with E-state index in [2.05, 4.69) is 80.1 Å². The third kappa shape index (κ3) is 2.01. The number of para-hydroxylation sites is 1. The molecule has 94 valence electrons. The molecule has 0 bridgehead atoms. The van der Waals surface area contributed by atoms with E-state index in [1.54, 1.807) is 0 Å². The van der Waals surface area contributed by atoms with Gasteiger partial charge in [-0.2, -0.15) is 4.58 Å². The molecular formula is C18H18N+. The van der Waals surface area contributed by atoms with Crippen molar-refractivity contribution in [3.05, 3.63) is 65.2 Å². The Bertz CT molecular complexity index is 688. The monoisotopic (exact) mass is 248 g/mol. The first-order valence-corrected chi connectivity index (χ1v) is 6.62. The molecule has 2 aromatic rings. The third-order valence-corrected chi connectivity index (χ3v) is 3.84. The number of nitrogens with zero attached hydrogens (tertiary/aromatic N) is 1. The normalized spacial score (nSPS) is 16.1. The average molecular weight is 248 g/mol. The zero-order valence-corrected chi connectivity index (χ0v) is 11.6. The fourth-order valence-electron chi connectivity index (χ4n) is 2.56. The fraction of sp³-hybridized carbons (Fsp3) is 0.167. The maximum atomic E-state index is 2.27. The number of hydrogen-bond donors (Lipinski definition) is 0. The maximum Gasteiger partial charge on any atom is 0.213 e. The van der Waals surface area contributed by atoms with Crippen LogP contribution < -0.4 is 0 Å². The molecule has 1 heteroatoms. The van der Waals surface area contributed by atoms with Crippen molar-refractivity contribution in [1.82, 2.24) is 0 Å². The number of benzene rings is 2. The minimum absolute atomic E-state index is 1.25. The van der Waals surface area contributed by atoms with Crippen molar-refractivity contribution in [2.45, 2.75) is 13.8 Å². The molecule has 0 fully saturated rings. The molecule has 0 aliphatic carbocycles. The van der Waals surface area contributed by atoms with Gasteiger partial charge in [0.05, 0.1) is 11.1 Å². The van der Waals surface area contributed by atoms with Gasteiger partial charge in [-0.25, -0.2) is 0 Å². The molecule has 0 aromatic heterocycles. The van der Waals surface area contributed by atoms with E-state index in [-0.39, 0.29) is 0 Å². The molecule has 1 nitrogen and oxygen atoms in total. The van der Waals surface area contributed by atoms with Crippen molar-refractivity contribution in [2.75, 3.05) is 7.05 Å². The molecule has 3 rings (SSSR count). The van der Waals surface area contributed by atoms with Gasteiger partial charge in [-0.3, -0.25) is 0 Å². The van der Waals surface area contributed by atoms with E-state index in [0.717, 1.165) is 0 Å². The van der Waals surface area contributed by atoms with E-state index < -0.39 is 0 Å². The van der Waals surface area contributed by atoms with Gasteiger partial charge in [0.1, 0.15) is 7.05 Å². The second kappa shape index (κ2) is 4.51. The van der Waals surface area contributed by atoms with Gasteiger partial charge in [-0.1, -0.05) is 42.0 Å². The molecule has 1 heterocycles. The first kappa shape index (κ1) is 11.9. The third-order valence-electron chi connectivity index (χ3n) is 3.84. The number of allylic oxidation sites excluding steroid dienone is 1.